The molecule has 2 aromatic rings. The molecule has 0 fully saturated rings. The molecule has 3 nitrogen and oxygen atoms in total. The molecule has 19 heavy (non-hydrogen) atoms. The molecule has 0 aliphatic rings. The lowest BCUT2D eigenvalue weighted by molar-refractivity contribution is 0.625. The van der Waals surface area contributed by atoms with Crippen LogP contribution in [0.25, 0.3) is 0 Å². The predicted octanol–water partition coefficient (Wildman–Crippen LogP) is 3.10. The van der Waals surface area contributed by atoms with Crippen LogP contribution in [0.4, 0.5) is 15.9 Å². The second kappa shape index (κ2) is 6.29. The quantitative estimate of drug-likeness (QED) is 0.894. The number of rotatable bonds is 5. The van der Waals surface area contributed by atoms with E-state index in [9.17, 15) is 4.39 Å². The molecular weight excluding hydrogens is 241 g/mol. The van der Waals surface area contributed by atoms with Gasteiger partial charge in [-0.2, -0.15) is 0 Å². The van der Waals surface area contributed by atoms with Crippen molar-refractivity contribution in [2.45, 2.75) is 13.5 Å². The van der Waals surface area contributed by atoms with Crippen molar-refractivity contribution in [2.75, 3.05) is 18.5 Å². The lowest BCUT2D eigenvalue weighted by Crippen LogP contribution is -2.19. The fraction of sp³-hybridized carbons (Fsp3) is 0.267. The SMILES string of the molecule is CCN(c1cc(CNC)ccn1)c1ccccc1F. The number of nitrogens with zero attached hydrogens (tertiary/aromatic N) is 2. The molecule has 100 valence electrons. The number of nitrogens with one attached hydrogen (secondary N) is 1. The van der Waals surface area contributed by atoms with E-state index in [1.165, 1.54) is 6.07 Å². The minimum absolute atomic E-state index is 0.231. The van der Waals surface area contributed by atoms with Gasteiger partial charge < -0.3 is 10.2 Å². The fourth-order valence-electron chi connectivity index (χ4n) is 2.05. The first kappa shape index (κ1) is 13.5. The van der Waals surface area contributed by atoms with E-state index >= 15 is 0 Å². The van der Waals surface area contributed by atoms with Crippen LogP contribution in [0.15, 0.2) is 42.6 Å². The van der Waals surface area contributed by atoms with Crippen LogP contribution < -0.4 is 10.2 Å². The third-order valence-electron chi connectivity index (χ3n) is 2.93. The van der Waals surface area contributed by atoms with Crippen LogP contribution in [0, 0.1) is 5.82 Å². The zero-order chi connectivity index (χ0) is 13.7. The number of aromatic nitrogens is 1. The molecule has 0 saturated heterocycles. The van der Waals surface area contributed by atoms with Crippen molar-refractivity contribution < 1.29 is 4.39 Å². The number of hydrogen-bond acceptors (Lipinski definition) is 3. The van der Waals surface area contributed by atoms with Crippen LogP contribution >= 0.6 is 0 Å². The van der Waals surface area contributed by atoms with E-state index < -0.39 is 0 Å². The van der Waals surface area contributed by atoms with Gasteiger partial charge in [-0.15, -0.1) is 0 Å². The number of hydrogen-bond donors (Lipinski definition) is 1. The lowest BCUT2D eigenvalue weighted by atomic mass is 10.2. The van der Waals surface area contributed by atoms with Crippen molar-refractivity contribution >= 4 is 11.5 Å². The van der Waals surface area contributed by atoms with Crippen LogP contribution in [0.1, 0.15) is 12.5 Å². The van der Waals surface area contributed by atoms with E-state index in [1.807, 2.05) is 37.1 Å². The Bertz CT molecular complexity index is 542. The van der Waals surface area contributed by atoms with Crippen molar-refractivity contribution in [3.8, 4) is 0 Å². The minimum atomic E-state index is -0.231. The Hall–Kier alpha value is -1.94. The molecular formula is C15H18FN3. The summed E-state index contributed by atoms with van der Waals surface area (Å²) in [6.07, 6.45) is 1.76. The number of pyridine rings is 1. The number of anilines is 2. The second-order valence-electron chi connectivity index (χ2n) is 4.25. The zero-order valence-corrected chi connectivity index (χ0v) is 11.2. The number of para-hydroxylation sites is 1. The van der Waals surface area contributed by atoms with E-state index in [0.29, 0.717) is 12.2 Å². The summed E-state index contributed by atoms with van der Waals surface area (Å²) in [4.78, 5) is 6.21. The highest BCUT2D eigenvalue weighted by molar-refractivity contribution is 5.60. The van der Waals surface area contributed by atoms with Crippen molar-refractivity contribution in [3.63, 3.8) is 0 Å². The highest BCUT2D eigenvalue weighted by Gasteiger charge is 2.12. The van der Waals surface area contributed by atoms with Gasteiger partial charge in [0, 0.05) is 19.3 Å². The second-order valence-corrected chi connectivity index (χ2v) is 4.25. The molecule has 1 aromatic carbocycles. The summed E-state index contributed by atoms with van der Waals surface area (Å²) in [5.41, 5.74) is 1.68. The molecule has 1 heterocycles. The van der Waals surface area contributed by atoms with Crippen LogP contribution in [-0.2, 0) is 6.54 Å². The van der Waals surface area contributed by atoms with Crippen LogP contribution in [0.3, 0.4) is 0 Å². The average Bonchev–Trinajstić information content (AvgIpc) is 2.43. The molecule has 0 saturated carbocycles. The molecule has 0 unspecified atom stereocenters. The largest absolute Gasteiger partial charge is 0.324 e. The Morgan fingerprint density at radius 2 is 2.05 bits per heavy atom. The highest BCUT2D eigenvalue weighted by Crippen LogP contribution is 2.26. The monoisotopic (exact) mass is 259 g/mol. The van der Waals surface area contributed by atoms with Gasteiger partial charge in [-0.25, -0.2) is 9.37 Å². The van der Waals surface area contributed by atoms with Crippen molar-refractivity contribution in [1.29, 1.82) is 0 Å². The van der Waals surface area contributed by atoms with E-state index in [2.05, 4.69) is 10.3 Å². The smallest absolute Gasteiger partial charge is 0.146 e. The summed E-state index contributed by atoms with van der Waals surface area (Å²) in [6, 6.07) is 10.7. The van der Waals surface area contributed by atoms with Crippen molar-refractivity contribution in [1.82, 2.24) is 10.3 Å². The van der Waals surface area contributed by atoms with E-state index in [4.69, 9.17) is 0 Å². The molecule has 0 aliphatic carbocycles. The zero-order valence-electron chi connectivity index (χ0n) is 11.2. The van der Waals surface area contributed by atoms with E-state index in [1.54, 1.807) is 18.3 Å². The van der Waals surface area contributed by atoms with E-state index in [0.717, 1.165) is 17.9 Å². The maximum Gasteiger partial charge on any atom is 0.146 e. The Kier molecular flexibility index (Phi) is 4.47. The molecule has 1 N–H and O–H groups in total. The van der Waals surface area contributed by atoms with Gasteiger partial charge in [0.2, 0.25) is 0 Å². The van der Waals surface area contributed by atoms with Crippen molar-refractivity contribution in [2.24, 2.45) is 0 Å². The summed E-state index contributed by atoms with van der Waals surface area (Å²) in [6.45, 7) is 3.42. The summed E-state index contributed by atoms with van der Waals surface area (Å²) in [5, 5.41) is 3.10. The molecule has 0 spiro atoms. The Balaban J connectivity index is 2.37. The Labute approximate surface area is 113 Å². The van der Waals surface area contributed by atoms with Gasteiger partial charge in [0.1, 0.15) is 11.6 Å². The minimum Gasteiger partial charge on any atom is -0.324 e. The standard InChI is InChI=1S/C15H18FN3/c1-3-19(14-7-5-4-6-13(14)16)15-10-12(11-17-2)8-9-18-15/h4-10,17H,3,11H2,1-2H3. The summed E-state index contributed by atoms with van der Waals surface area (Å²) < 4.78 is 13.9. The number of benzene rings is 1. The third-order valence-corrected chi connectivity index (χ3v) is 2.93. The molecule has 4 heteroatoms. The van der Waals surface area contributed by atoms with Crippen LogP contribution in [-0.4, -0.2) is 18.6 Å². The summed E-state index contributed by atoms with van der Waals surface area (Å²) in [5.74, 6) is 0.533. The van der Waals surface area contributed by atoms with Crippen molar-refractivity contribution in [3.05, 3.63) is 54.0 Å². The molecule has 0 amide bonds. The van der Waals surface area contributed by atoms with Gasteiger partial charge >= 0.3 is 0 Å². The van der Waals surface area contributed by atoms with Crippen LogP contribution in [0.2, 0.25) is 0 Å². The Morgan fingerprint density at radius 3 is 2.74 bits per heavy atom. The highest BCUT2D eigenvalue weighted by atomic mass is 19.1. The topological polar surface area (TPSA) is 28.2 Å². The van der Waals surface area contributed by atoms with Gasteiger partial charge in [-0.3, -0.25) is 0 Å². The molecule has 0 atom stereocenters. The van der Waals surface area contributed by atoms with Gasteiger partial charge in [-0.1, -0.05) is 12.1 Å². The molecule has 0 aliphatic heterocycles. The molecule has 1 aromatic heterocycles. The Morgan fingerprint density at radius 1 is 1.26 bits per heavy atom. The normalized spacial score (nSPS) is 10.5. The lowest BCUT2D eigenvalue weighted by Gasteiger charge is -2.23. The van der Waals surface area contributed by atoms with Gasteiger partial charge in [0.05, 0.1) is 5.69 Å². The number of halogens is 1. The molecule has 2 rings (SSSR count). The third kappa shape index (κ3) is 3.09. The first-order valence-electron chi connectivity index (χ1n) is 6.38. The maximum atomic E-state index is 13.9. The van der Waals surface area contributed by atoms with Gasteiger partial charge in [0.15, 0.2) is 0 Å². The molecule has 0 bridgehead atoms. The maximum absolute atomic E-state index is 13.9. The molecule has 0 radical (unpaired) electrons. The predicted molar refractivity (Wildman–Crippen MR) is 76.1 cm³/mol. The summed E-state index contributed by atoms with van der Waals surface area (Å²) >= 11 is 0. The first-order valence-corrected chi connectivity index (χ1v) is 6.38. The van der Waals surface area contributed by atoms with E-state index in [-0.39, 0.29) is 5.82 Å². The van der Waals surface area contributed by atoms with Gasteiger partial charge in [0.25, 0.3) is 0 Å². The fourth-order valence-corrected chi connectivity index (χ4v) is 2.05. The first-order chi connectivity index (χ1) is 9.26. The average molecular weight is 259 g/mol. The summed E-state index contributed by atoms with van der Waals surface area (Å²) in [7, 11) is 1.90. The van der Waals surface area contributed by atoms with Gasteiger partial charge in [-0.05, 0) is 43.8 Å². The van der Waals surface area contributed by atoms with Crippen LogP contribution in [0.5, 0.6) is 0 Å².